The van der Waals surface area contributed by atoms with Crippen molar-refractivity contribution in [2.75, 3.05) is 49.9 Å². The smallest absolute Gasteiger partial charge is 0.382 e. The van der Waals surface area contributed by atoms with Gasteiger partial charge in [-0.15, -0.1) is 0 Å². The number of likely N-dealkylation sites (tertiary alicyclic amines) is 1. The van der Waals surface area contributed by atoms with Gasteiger partial charge in [0, 0.05) is 38.3 Å². The second-order valence-corrected chi connectivity index (χ2v) is 10.5. The summed E-state index contributed by atoms with van der Waals surface area (Å²) >= 11 is 6.34. The first-order valence-electron chi connectivity index (χ1n) is 13.0. The predicted molar refractivity (Wildman–Crippen MR) is 142 cm³/mol. The molecule has 4 rings (SSSR count). The Labute approximate surface area is 226 Å². The molecule has 1 aromatic heterocycles. The fourth-order valence-corrected chi connectivity index (χ4v) is 5.56. The van der Waals surface area contributed by atoms with Gasteiger partial charge in [0.05, 0.1) is 0 Å². The Kier molecular flexibility index (Phi) is 9.00. The molecule has 38 heavy (non-hydrogen) atoms. The van der Waals surface area contributed by atoms with Gasteiger partial charge < -0.3 is 16.0 Å². The van der Waals surface area contributed by atoms with Crippen LogP contribution in [0, 0.1) is 6.92 Å². The number of aryl methyl sites for hydroxylation is 1. The molecule has 0 aliphatic carbocycles. The number of piperidine rings is 1. The van der Waals surface area contributed by atoms with Crippen molar-refractivity contribution in [1.29, 1.82) is 0 Å². The number of piperazine rings is 1. The van der Waals surface area contributed by atoms with Crippen molar-refractivity contribution in [1.82, 2.24) is 25.1 Å². The van der Waals surface area contributed by atoms with Crippen molar-refractivity contribution in [3.63, 3.8) is 0 Å². The minimum absolute atomic E-state index is 0.0518. The number of nitrogens with one attached hydrogen (secondary N) is 1. The molecule has 3 heterocycles. The highest BCUT2D eigenvalue weighted by atomic mass is 35.5. The van der Waals surface area contributed by atoms with Crippen molar-refractivity contribution in [2.45, 2.75) is 57.9 Å². The molecule has 2 fully saturated rings. The van der Waals surface area contributed by atoms with Crippen LogP contribution in [0.3, 0.4) is 0 Å². The summed E-state index contributed by atoms with van der Waals surface area (Å²) in [5.74, 6) is -0.964. The maximum absolute atomic E-state index is 12.5. The zero-order valence-corrected chi connectivity index (χ0v) is 22.5. The van der Waals surface area contributed by atoms with Crippen molar-refractivity contribution >= 4 is 29.1 Å². The number of halogens is 4. The van der Waals surface area contributed by atoms with E-state index in [1.807, 2.05) is 4.90 Å². The quantitative estimate of drug-likeness (QED) is 0.538. The van der Waals surface area contributed by atoms with Crippen LogP contribution >= 0.6 is 11.6 Å². The summed E-state index contributed by atoms with van der Waals surface area (Å²) in [5.41, 5.74) is 8.11. The van der Waals surface area contributed by atoms with E-state index in [9.17, 15) is 18.0 Å². The zero-order valence-electron chi connectivity index (χ0n) is 21.8. The van der Waals surface area contributed by atoms with Crippen LogP contribution in [0.5, 0.6) is 0 Å². The summed E-state index contributed by atoms with van der Waals surface area (Å²) in [7, 11) is 0. The van der Waals surface area contributed by atoms with Gasteiger partial charge in [0.2, 0.25) is 0 Å². The average molecular weight is 554 g/mol. The van der Waals surface area contributed by atoms with Crippen LogP contribution in [0.15, 0.2) is 24.3 Å². The van der Waals surface area contributed by atoms with E-state index in [1.54, 1.807) is 5.32 Å². The molecular weight excluding hydrogens is 519 g/mol. The number of nitrogens with two attached hydrogens (primary N) is 1. The highest BCUT2D eigenvalue weighted by Gasteiger charge is 2.35. The van der Waals surface area contributed by atoms with Gasteiger partial charge in [0.15, 0.2) is 22.5 Å². The molecule has 1 amide bonds. The third-order valence-electron chi connectivity index (χ3n) is 7.38. The van der Waals surface area contributed by atoms with Crippen molar-refractivity contribution in [3.8, 4) is 0 Å². The third-order valence-corrected chi connectivity index (χ3v) is 7.63. The van der Waals surface area contributed by atoms with E-state index in [4.69, 9.17) is 17.3 Å². The van der Waals surface area contributed by atoms with Gasteiger partial charge in [-0.1, -0.05) is 48.4 Å². The third kappa shape index (κ3) is 7.06. The van der Waals surface area contributed by atoms with E-state index in [0.717, 1.165) is 45.4 Å². The van der Waals surface area contributed by atoms with Crippen LogP contribution in [0.4, 0.5) is 24.8 Å². The number of benzene rings is 1. The van der Waals surface area contributed by atoms with E-state index in [2.05, 4.69) is 57.9 Å². The monoisotopic (exact) mass is 553 g/mol. The van der Waals surface area contributed by atoms with Crippen LogP contribution in [0.1, 0.15) is 47.8 Å². The molecule has 2 saturated heterocycles. The standard InChI is InChI=1S/C26H35ClF3N7O/c1-3-19-15-36(24-22(27)33-21(23(31)34-24)25(38)32-16-26(28,29)30)12-13-37(19)20-8-10-35(11-9-20)14-18-6-4-17(2)5-7-18/h4-7,19-20H,3,8-16H2,1-2H3,(H2,31,34)(H,32,38)/t19-/m0/s1. The van der Waals surface area contributed by atoms with Gasteiger partial charge in [-0.2, -0.15) is 13.2 Å². The molecule has 3 N–H and O–H groups in total. The number of carbonyl (C=O) groups is 1. The van der Waals surface area contributed by atoms with Gasteiger partial charge in [0.25, 0.3) is 5.91 Å². The summed E-state index contributed by atoms with van der Waals surface area (Å²) in [5, 5.41) is 1.70. The molecule has 1 atom stereocenters. The second kappa shape index (κ2) is 12.0. The number of nitrogens with zero attached hydrogens (tertiary/aromatic N) is 5. The number of nitrogen functional groups attached to an aromatic ring is 1. The summed E-state index contributed by atoms with van der Waals surface area (Å²) in [4.78, 5) is 27.5. The van der Waals surface area contributed by atoms with Crippen LogP contribution in [0.25, 0.3) is 0 Å². The van der Waals surface area contributed by atoms with E-state index >= 15 is 0 Å². The molecule has 2 aliphatic heterocycles. The Hall–Kier alpha value is -2.63. The SMILES string of the molecule is CC[C@H]1CN(c2nc(N)c(C(=O)NCC(F)(F)F)nc2Cl)CCN1C1CCN(Cc2ccc(C)cc2)CC1. The number of hydrogen-bond acceptors (Lipinski definition) is 7. The molecule has 1 aromatic carbocycles. The molecule has 2 aliphatic rings. The van der Waals surface area contributed by atoms with Gasteiger partial charge in [-0.3, -0.25) is 14.6 Å². The largest absolute Gasteiger partial charge is 0.405 e. The first-order chi connectivity index (χ1) is 18.0. The topological polar surface area (TPSA) is 90.6 Å². The Balaban J connectivity index is 1.35. The molecule has 0 radical (unpaired) electrons. The molecular formula is C26H35ClF3N7O. The minimum Gasteiger partial charge on any atom is -0.382 e. The highest BCUT2D eigenvalue weighted by molar-refractivity contribution is 6.32. The Bertz CT molecular complexity index is 1110. The lowest BCUT2D eigenvalue weighted by Crippen LogP contribution is -2.58. The molecule has 0 bridgehead atoms. The summed E-state index contributed by atoms with van der Waals surface area (Å²) < 4.78 is 37.4. The zero-order chi connectivity index (χ0) is 27.4. The molecule has 0 unspecified atom stereocenters. The van der Waals surface area contributed by atoms with Crippen molar-refractivity contribution in [2.24, 2.45) is 0 Å². The number of amides is 1. The van der Waals surface area contributed by atoms with E-state index in [0.29, 0.717) is 24.9 Å². The first-order valence-corrected chi connectivity index (χ1v) is 13.4. The Morgan fingerprint density at radius 3 is 2.45 bits per heavy atom. The maximum Gasteiger partial charge on any atom is 0.405 e. The van der Waals surface area contributed by atoms with Crippen LogP contribution < -0.4 is 16.0 Å². The van der Waals surface area contributed by atoms with E-state index < -0.39 is 24.3 Å². The molecule has 2 aromatic rings. The van der Waals surface area contributed by atoms with Crippen LogP contribution in [0.2, 0.25) is 5.15 Å². The lowest BCUT2D eigenvalue weighted by atomic mass is 9.98. The molecule has 0 saturated carbocycles. The number of carbonyl (C=O) groups excluding carboxylic acids is 1. The number of hydrogen-bond donors (Lipinski definition) is 2. The Morgan fingerprint density at radius 2 is 1.82 bits per heavy atom. The maximum atomic E-state index is 12.5. The fraction of sp³-hybridized carbons (Fsp3) is 0.577. The normalized spacial score (nSPS) is 20.1. The minimum atomic E-state index is -4.55. The van der Waals surface area contributed by atoms with Gasteiger partial charge >= 0.3 is 6.18 Å². The second-order valence-electron chi connectivity index (χ2n) is 10.1. The fourth-order valence-electron chi connectivity index (χ4n) is 5.32. The van der Waals surface area contributed by atoms with Gasteiger partial charge in [-0.25, -0.2) is 9.97 Å². The summed E-state index contributed by atoms with van der Waals surface area (Å²) in [6.45, 7) is 8.02. The predicted octanol–water partition coefficient (Wildman–Crippen LogP) is 3.88. The van der Waals surface area contributed by atoms with Crippen LogP contribution in [-0.2, 0) is 6.54 Å². The van der Waals surface area contributed by atoms with E-state index in [-0.39, 0.29) is 17.0 Å². The molecule has 8 nitrogen and oxygen atoms in total. The number of anilines is 2. The average Bonchev–Trinajstić information content (AvgIpc) is 2.89. The van der Waals surface area contributed by atoms with E-state index in [1.165, 1.54) is 11.1 Å². The van der Waals surface area contributed by atoms with Crippen molar-refractivity contribution in [3.05, 3.63) is 46.2 Å². The lowest BCUT2D eigenvalue weighted by molar-refractivity contribution is -0.123. The lowest BCUT2D eigenvalue weighted by Gasteiger charge is -2.47. The highest BCUT2D eigenvalue weighted by Crippen LogP contribution is 2.30. The first kappa shape index (κ1) is 28.4. The number of alkyl halides is 3. The van der Waals surface area contributed by atoms with Gasteiger partial charge in [-0.05, 0) is 44.8 Å². The number of aromatic nitrogens is 2. The summed E-state index contributed by atoms with van der Waals surface area (Å²) in [6.07, 6.45) is -1.39. The molecule has 208 valence electrons. The van der Waals surface area contributed by atoms with Crippen LogP contribution in [-0.4, -0.2) is 83.2 Å². The van der Waals surface area contributed by atoms with Gasteiger partial charge in [0.1, 0.15) is 6.54 Å². The molecule has 12 heteroatoms. The Morgan fingerprint density at radius 1 is 1.13 bits per heavy atom. The molecule has 0 spiro atoms. The number of rotatable bonds is 7. The van der Waals surface area contributed by atoms with Crippen molar-refractivity contribution < 1.29 is 18.0 Å². The summed E-state index contributed by atoms with van der Waals surface area (Å²) in [6, 6.07) is 9.52.